The average molecular weight is 493 g/mol. The molecule has 2 heterocycles. The van der Waals surface area contributed by atoms with Gasteiger partial charge in [0.1, 0.15) is 5.82 Å². The van der Waals surface area contributed by atoms with Crippen LogP contribution < -0.4 is 0 Å². The van der Waals surface area contributed by atoms with Crippen molar-refractivity contribution in [2.45, 2.75) is 37.2 Å². The van der Waals surface area contributed by atoms with Crippen LogP contribution >= 0.6 is 23.1 Å². The first kappa shape index (κ1) is 23.7. The Bertz CT molecular complexity index is 1450. The molecule has 0 saturated carbocycles. The fraction of sp³-hybridized carbons (Fsp3) is 0.200. The van der Waals surface area contributed by atoms with Crippen molar-refractivity contribution in [3.8, 4) is 33.6 Å². The lowest BCUT2D eigenvalue weighted by Crippen LogP contribution is -2.09. The van der Waals surface area contributed by atoms with Crippen molar-refractivity contribution in [2.24, 2.45) is 0 Å². The lowest BCUT2D eigenvalue weighted by Gasteiger charge is -2.06. The Morgan fingerprint density at radius 2 is 1.97 bits per heavy atom. The van der Waals surface area contributed by atoms with Gasteiger partial charge in [-0.3, -0.25) is 0 Å². The first-order valence-electron chi connectivity index (χ1n) is 10.5. The molecule has 34 heavy (non-hydrogen) atoms. The van der Waals surface area contributed by atoms with Crippen LogP contribution in [0.15, 0.2) is 46.7 Å². The number of thiazole rings is 1. The number of carboxylic acid groups (broad SMARTS) is 1. The number of aryl methyl sites for hydroxylation is 2. The van der Waals surface area contributed by atoms with Crippen LogP contribution in [-0.2, 0) is 0 Å². The number of benzene rings is 2. The van der Waals surface area contributed by atoms with Gasteiger partial charge in [0.25, 0.3) is 0 Å². The molecule has 9 heteroatoms. The zero-order valence-electron chi connectivity index (χ0n) is 19.0. The number of aromatic nitrogens is 3. The Hall–Kier alpha value is -3.48. The second-order valence-corrected chi connectivity index (χ2v) is 10.8. The summed E-state index contributed by atoms with van der Waals surface area (Å²) < 4.78 is 16.1. The molecule has 0 bridgehead atoms. The van der Waals surface area contributed by atoms with Gasteiger partial charge in [0.05, 0.1) is 27.2 Å². The van der Waals surface area contributed by atoms with Gasteiger partial charge in [-0.15, -0.1) is 11.8 Å². The number of halogens is 1. The number of thioether (sulfide) groups is 1. The standard InChI is InChI=1S/C25H21FN4O2S2/c1-13(2)33-24-21(17-8-9-18(12-27)14(3)10-17)28-25(34-24)30-22(23(31)32)20(15(4)29-30)16-6-5-7-19(26)11-16/h5-11,13H,1-4H3,(H,31,32). The summed E-state index contributed by atoms with van der Waals surface area (Å²) in [6.45, 7) is 7.71. The molecule has 0 atom stereocenters. The van der Waals surface area contributed by atoms with Gasteiger partial charge in [0.2, 0.25) is 5.13 Å². The smallest absolute Gasteiger partial charge is 0.355 e. The van der Waals surface area contributed by atoms with Gasteiger partial charge in [0.15, 0.2) is 5.69 Å². The molecule has 0 radical (unpaired) electrons. The summed E-state index contributed by atoms with van der Waals surface area (Å²) in [5.74, 6) is -1.63. The third kappa shape index (κ3) is 4.47. The van der Waals surface area contributed by atoms with Crippen LogP contribution in [-0.4, -0.2) is 31.1 Å². The molecule has 6 nitrogen and oxygen atoms in total. The highest BCUT2D eigenvalue weighted by atomic mass is 32.2. The van der Waals surface area contributed by atoms with Gasteiger partial charge in [-0.2, -0.15) is 15.0 Å². The molecular weight excluding hydrogens is 471 g/mol. The van der Waals surface area contributed by atoms with Crippen molar-refractivity contribution in [1.29, 1.82) is 5.26 Å². The molecule has 1 N–H and O–H groups in total. The lowest BCUT2D eigenvalue weighted by molar-refractivity contribution is 0.0688. The Kier molecular flexibility index (Phi) is 6.55. The number of carboxylic acids is 1. The molecule has 2 aromatic heterocycles. The Morgan fingerprint density at radius 1 is 1.21 bits per heavy atom. The van der Waals surface area contributed by atoms with Gasteiger partial charge in [0, 0.05) is 16.4 Å². The summed E-state index contributed by atoms with van der Waals surface area (Å²) in [4.78, 5) is 17.1. The number of hydrogen-bond donors (Lipinski definition) is 1. The summed E-state index contributed by atoms with van der Waals surface area (Å²) in [7, 11) is 0. The van der Waals surface area contributed by atoms with E-state index in [1.54, 1.807) is 36.9 Å². The molecular formula is C25H21FN4O2S2. The van der Waals surface area contributed by atoms with Crippen LogP contribution in [0.1, 0.15) is 41.2 Å². The van der Waals surface area contributed by atoms with Gasteiger partial charge < -0.3 is 5.11 Å². The van der Waals surface area contributed by atoms with Crippen molar-refractivity contribution < 1.29 is 14.3 Å². The molecule has 0 aliphatic carbocycles. The molecule has 0 aliphatic rings. The zero-order valence-corrected chi connectivity index (χ0v) is 20.6. The van der Waals surface area contributed by atoms with E-state index in [1.807, 2.05) is 19.1 Å². The summed E-state index contributed by atoms with van der Waals surface area (Å²) in [5.41, 5.74) is 4.18. The van der Waals surface area contributed by atoms with Gasteiger partial charge in [-0.05, 0) is 49.2 Å². The summed E-state index contributed by atoms with van der Waals surface area (Å²) >= 11 is 2.98. The minimum atomic E-state index is -1.18. The number of nitriles is 1. The molecule has 4 rings (SSSR count). The second-order valence-electron chi connectivity index (χ2n) is 7.98. The minimum absolute atomic E-state index is 0.0690. The SMILES string of the molecule is Cc1cc(-c2nc(-n3nc(C)c(-c4cccc(F)c4)c3C(=O)O)sc2SC(C)C)ccc1C#N. The molecule has 0 aliphatic heterocycles. The zero-order chi connectivity index (χ0) is 24.6. The summed E-state index contributed by atoms with van der Waals surface area (Å²) in [6.07, 6.45) is 0. The maximum atomic E-state index is 13.9. The quantitative estimate of drug-likeness (QED) is 0.309. The van der Waals surface area contributed by atoms with E-state index >= 15 is 0 Å². The van der Waals surface area contributed by atoms with Gasteiger partial charge >= 0.3 is 5.97 Å². The minimum Gasteiger partial charge on any atom is -0.476 e. The summed E-state index contributed by atoms with van der Waals surface area (Å²) in [5, 5.41) is 24.5. The van der Waals surface area contributed by atoms with Crippen LogP contribution in [0, 0.1) is 31.0 Å². The predicted octanol–water partition coefficient (Wildman–Crippen LogP) is 6.49. The number of nitrogens with zero attached hydrogens (tertiary/aromatic N) is 4. The van der Waals surface area contributed by atoms with Crippen LogP contribution in [0.5, 0.6) is 0 Å². The lowest BCUT2D eigenvalue weighted by atomic mass is 10.0. The van der Waals surface area contributed by atoms with E-state index in [2.05, 4.69) is 25.0 Å². The van der Waals surface area contributed by atoms with E-state index in [9.17, 15) is 19.6 Å². The number of carbonyl (C=O) groups is 1. The molecule has 0 amide bonds. The Balaban J connectivity index is 1.92. The van der Waals surface area contributed by atoms with Crippen LogP contribution in [0.25, 0.3) is 27.5 Å². The first-order valence-corrected chi connectivity index (χ1v) is 12.2. The Labute approximate surface area is 204 Å². The van der Waals surface area contributed by atoms with Gasteiger partial charge in [-0.25, -0.2) is 14.2 Å². The summed E-state index contributed by atoms with van der Waals surface area (Å²) in [6, 6.07) is 13.5. The van der Waals surface area contributed by atoms with Crippen molar-refractivity contribution in [1.82, 2.24) is 14.8 Å². The number of hydrogen-bond acceptors (Lipinski definition) is 6. The van der Waals surface area contributed by atoms with E-state index in [-0.39, 0.29) is 10.9 Å². The highest BCUT2D eigenvalue weighted by Gasteiger charge is 2.27. The largest absolute Gasteiger partial charge is 0.476 e. The van der Waals surface area contributed by atoms with Crippen molar-refractivity contribution in [3.05, 3.63) is 70.8 Å². The molecule has 4 aromatic rings. The third-order valence-corrected chi connectivity index (χ3v) is 7.35. The van der Waals surface area contributed by atoms with E-state index in [0.29, 0.717) is 33.2 Å². The predicted molar refractivity (Wildman–Crippen MR) is 132 cm³/mol. The van der Waals surface area contributed by atoms with Crippen LogP contribution in [0.3, 0.4) is 0 Å². The van der Waals surface area contributed by atoms with Crippen LogP contribution in [0.2, 0.25) is 0 Å². The van der Waals surface area contributed by atoms with E-state index in [0.717, 1.165) is 15.3 Å². The van der Waals surface area contributed by atoms with E-state index in [1.165, 1.54) is 28.2 Å². The average Bonchev–Trinajstić information content (AvgIpc) is 3.34. The third-order valence-electron chi connectivity index (χ3n) is 5.11. The molecule has 0 fully saturated rings. The number of aromatic carboxylic acids is 1. The van der Waals surface area contributed by atoms with Crippen LogP contribution in [0.4, 0.5) is 4.39 Å². The van der Waals surface area contributed by atoms with Crippen molar-refractivity contribution in [2.75, 3.05) is 0 Å². The maximum absolute atomic E-state index is 13.9. The first-order chi connectivity index (χ1) is 16.2. The topological polar surface area (TPSA) is 91.8 Å². The molecule has 0 unspecified atom stereocenters. The van der Waals surface area contributed by atoms with Crippen molar-refractivity contribution >= 4 is 29.1 Å². The number of rotatable bonds is 6. The van der Waals surface area contributed by atoms with Crippen molar-refractivity contribution in [3.63, 3.8) is 0 Å². The maximum Gasteiger partial charge on any atom is 0.355 e. The van der Waals surface area contributed by atoms with E-state index in [4.69, 9.17) is 4.98 Å². The molecule has 2 aromatic carbocycles. The second kappa shape index (κ2) is 9.41. The highest BCUT2D eigenvalue weighted by molar-refractivity contribution is 8.01. The monoisotopic (exact) mass is 492 g/mol. The highest BCUT2D eigenvalue weighted by Crippen LogP contribution is 2.41. The fourth-order valence-corrected chi connectivity index (χ4v) is 6.13. The van der Waals surface area contributed by atoms with E-state index < -0.39 is 11.8 Å². The molecule has 0 spiro atoms. The fourth-order valence-electron chi connectivity index (χ4n) is 3.65. The molecule has 0 saturated heterocycles. The normalized spacial score (nSPS) is 11.1. The molecule has 172 valence electrons. The Morgan fingerprint density at radius 3 is 2.59 bits per heavy atom. The van der Waals surface area contributed by atoms with Gasteiger partial charge in [-0.1, -0.05) is 43.4 Å².